The molecule has 1 aromatic carbocycles. The Balaban J connectivity index is 1.91. The van der Waals surface area contributed by atoms with Gasteiger partial charge in [0, 0.05) is 25.2 Å². The predicted molar refractivity (Wildman–Crippen MR) is 76.1 cm³/mol. The highest BCUT2D eigenvalue weighted by molar-refractivity contribution is 7.89. The number of primary sulfonamides is 1. The van der Waals surface area contributed by atoms with Crippen molar-refractivity contribution in [2.24, 2.45) is 12.2 Å². The summed E-state index contributed by atoms with van der Waals surface area (Å²) in [6.07, 6.45) is 3.51. The van der Waals surface area contributed by atoms with Crippen LogP contribution in [0.15, 0.2) is 35.4 Å². The van der Waals surface area contributed by atoms with Gasteiger partial charge >= 0.3 is 0 Å². The van der Waals surface area contributed by atoms with Crippen molar-refractivity contribution in [3.05, 3.63) is 41.7 Å². The molecule has 0 amide bonds. The largest absolute Gasteiger partial charge is 0.294 e. The van der Waals surface area contributed by atoms with Gasteiger partial charge in [0.15, 0.2) is 5.78 Å². The number of hydrogen-bond donors (Lipinski definition) is 1. The molecule has 0 spiro atoms. The fourth-order valence-electron chi connectivity index (χ4n) is 1.91. The van der Waals surface area contributed by atoms with E-state index < -0.39 is 10.0 Å². The summed E-state index contributed by atoms with van der Waals surface area (Å²) in [4.78, 5) is 12.0. The molecule has 2 rings (SSSR count). The molecule has 0 aliphatic carbocycles. The van der Waals surface area contributed by atoms with E-state index in [4.69, 9.17) is 5.14 Å². The summed E-state index contributed by atoms with van der Waals surface area (Å²) in [5, 5.41) is 12.8. The van der Waals surface area contributed by atoms with Crippen LogP contribution in [0.2, 0.25) is 0 Å². The minimum Gasteiger partial charge on any atom is -0.294 e. The van der Waals surface area contributed by atoms with Gasteiger partial charge in [-0.3, -0.25) is 9.48 Å². The van der Waals surface area contributed by atoms with Crippen molar-refractivity contribution >= 4 is 15.8 Å². The highest BCUT2D eigenvalue weighted by Crippen LogP contribution is 2.12. The van der Waals surface area contributed by atoms with Crippen LogP contribution in [-0.2, 0) is 23.5 Å². The summed E-state index contributed by atoms with van der Waals surface area (Å²) < 4.78 is 23.9. The molecule has 8 heteroatoms. The lowest BCUT2D eigenvalue weighted by Crippen LogP contribution is -2.12. The molecule has 0 radical (unpaired) electrons. The monoisotopic (exact) mass is 308 g/mol. The van der Waals surface area contributed by atoms with Crippen LogP contribution >= 0.6 is 0 Å². The van der Waals surface area contributed by atoms with Crippen molar-refractivity contribution in [1.29, 1.82) is 0 Å². The Hall–Kier alpha value is -2.06. The number of nitrogens with two attached hydrogens (primary N) is 1. The van der Waals surface area contributed by atoms with Gasteiger partial charge in [0.05, 0.1) is 10.6 Å². The number of carbonyl (C=O) groups is 1. The van der Waals surface area contributed by atoms with Gasteiger partial charge in [0.25, 0.3) is 0 Å². The van der Waals surface area contributed by atoms with E-state index >= 15 is 0 Å². The minimum absolute atomic E-state index is 0.00129. The number of nitrogens with zero attached hydrogens (tertiary/aromatic N) is 3. The molecule has 0 saturated carbocycles. The van der Waals surface area contributed by atoms with Gasteiger partial charge in [-0.25, -0.2) is 13.6 Å². The van der Waals surface area contributed by atoms with E-state index in [0.717, 1.165) is 5.69 Å². The molecule has 0 atom stereocenters. The first-order chi connectivity index (χ1) is 9.86. The second-order valence-corrected chi connectivity index (χ2v) is 6.29. The zero-order valence-electron chi connectivity index (χ0n) is 11.6. The molecular formula is C13H16N4O3S. The summed E-state index contributed by atoms with van der Waals surface area (Å²) in [5.41, 5.74) is 1.32. The molecule has 112 valence electrons. The van der Waals surface area contributed by atoms with E-state index in [2.05, 4.69) is 10.3 Å². The van der Waals surface area contributed by atoms with Crippen molar-refractivity contribution in [2.75, 3.05) is 0 Å². The Kier molecular flexibility index (Phi) is 4.49. The quantitative estimate of drug-likeness (QED) is 0.789. The lowest BCUT2D eigenvalue weighted by molar-refractivity contribution is 0.0980. The summed E-state index contributed by atoms with van der Waals surface area (Å²) >= 11 is 0. The summed E-state index contributed by atoms with van der Waals surface area (Å²) in [5.74, 6) is -0.0418. The van der Waals surface area contributed by atoms with Crippen LogP contribution < -0.4 is 5.14 Å². The fourth-order valence-corrected chi connectivity index (χ4v) is 2.43. The number of aromatic nitrogens is 3. The Morgan fingerprint density at radius 1 is 1.29 bits per heavy atom. The van der Waals surface area contributed by atoms with Crippen LogP contribution in [0.5, 0.6) is 0 Å². The number of rotatable bonds is 6. The van der Waals surface area contributed by atoms with E-state index in [-0.39, 0.29) is 10.7 Å². The number of hydrogen-bond acceptors (Lipinski definition) is 5. The maximum Gasteiger partial charge on any atom is 0.238 e. The summed E-state index contributed by atoms with van der Waals surface area (Å²) in [7, 11) is -1.94. The number of Topliss-reactive ketones (excluding diaryl/α,β-unsaturated/α-hetero) is 1. The lowest BCUT2D eigenvalue weighted by Gasteiger charge is -2.02. The third-order valence-electron chi connectivity index (χ3n) is 2.99. The molecule has 0 saturated heterocycles. The van der Waals surface area contributed by atoms with Crippen LogP contribution in [0.25, 0.3) is 0 Å². The molecule has 2 aromatic rings. The SMILES string of the molecule is Cn1cc(CCCC(=O)c2ccc(S(N)(=O)=O)cc2)nn1. The average molecular weight is 308 g/mol. The highest BCUT2D eigenvalue weighted by atomic mass is 32.2. The molecule has 0 fully saturated rings. The van der Waals surface area contributed by atoms with Crippen molar-refractivity contribution in [3.8, 4) is 0 Å². The molecule has 7 nitrogen and oxygen atoms in total. The van der Waals surface area contributed by atoms with Crippen LogP contribution in [0.1, 0.15) is 28.9 Å². The van der Waals surface area contributed by atoms with Crippen LogP contribution in [0.3, 0.4) is 0 Å². The van der Waals surface area contributed by atoms with Crippen molar-refractivity contribution in [1.82, 2.24) is 15.0 Å². The van der Waals surface area contributed by atoms with E-state index in [1.165, 1.54) is 24.3 Å². The van der Waals surface area contributed by atoms with E-state index in [1.54, 1.807) is 11.7 Å². The smallest absolute Gasteiger partial charge is 0.238 e. The highest BCUT2D eigenvalue weighted by Gasteiger charge is 2.10. The first kappa shape index (κ1) is 15.3. The number of sulfonamides is 1. The second kappa shape index (κ2) is 6.15. The number of benzene rings is 1. The lowest BCUT2D eigenvalue weighted by atomic mass is 10.1. The Morgan fingerprint density at radius 3 is 2.48 bits per heavy atom. The minimum atomic E-state index is -3.72. The first-order valence-electron chi connectivity index (χ1n) is 6.37. The maximum atomic E-state index is 12.0. The third-order valence-corrected chi connectivity index (χ3v) is 3.92. The molecule has 21 heavy (non-hydrogen) atoms. The molecule has 0 aliphatic heterocycles. The molecule has 0 bridgehead atoms. The average Bonchev–Trinajstić information content (AvgIpc) is 2.83. The number of aryl methyl sites for hydroxylation is 2. The predicted octanol–water partition coefficient (Wildman–Crippen LogP) is 0.668. The molecule has 0 unspecified atom stereocenters. The van der Waals surface area contributed by atoms with Gasteiger partial charge in [-0.2, -0.15) is 0 Å². The van der Waals surface area contributed by atoms with Crippen molar-refractivity contribution < 1.29 is 13.2 Å². The van der Waals surface area contributed by atoms with Crippen LogP contribution in [0, 0.1) is 0 Å². The normalized spacial score (nSPS) is 11.5. The maximum absolute atomic E-state index is 12.0. The first-order valence-corrected chi connectivity index (χ1v) is 7.92. The topological polar surface area (TPSA) is 108 Å². The van der Waals surface area contributed by atoms with E-state index in [0.29, 0.717) is 24.8 Å². The number of ketones is 1. The number of carbonyl (C=O) groups excluding carboxylic acids is 1. The van der Waals surface area contributed by atoms with E-state index in [9.17, 15) is 13.2 Å². The Morgan fingerprint density at radius 2 is 1.95 bits per heavy atom. The van der Waals surface area contributed by atoms with Gasteiger partial charge in [0.1, 0.15) is 0 Å². The van der Waals surface area contributed by atoms with Gasteiger partial charge < -0.3 is 0 Å². The fraction of sp³-hybridized carbons (Fsp3) is 0.308. The zero-order chi connectivity index (χ0) is 15.5. The summed E-state index contributed by atoms with van der Waals surface area (Å²) in [6.45, 7) is 0. The van der Waals surface area contributed by atoms with Crippen molar-refractivity contribution in [3.63, 3.8) is 0 Å². The molecular weight excluding hydrogens is 292 g/mol. The van der Waals surface area contributed by atoms with Gasteiger partial charge in [-0.05, 0) is 25.0 Å². The zero-order valence-corrected chi connectivity index (χ0v) is 12.4. The van der Waals surface area contributed by atoms with Gasteiger partial charge in [-0.1, -0.05) is 17.3 Å². The molecule has 1 heterocycles. The molecule has 0 aliphatic rings. The summed E-state index contributed by atoms with van der Waals surface area (Å²) in [6, 6.07) is 5.63. The molecule has 1 aromatic heterocycles. The van der Waals surface area contributed by atoms with Crippen molar-refractivity contribution in [2.45, 2.75) is 24.2 Å². The van der Waals surface area contributed by atoms with Crippen LogP contribution in [0.4, 0.5) is 0 Å². The Labute approximate surface area is 122 Å². The van der Waals surface area contributed by atoms with Crippen LogP contribution in [-0.4, -0.2) is 29.2 Å². The molecule has 2 N–H and O–H groups in total. The second-order valence-electron chi connectivity index (χ2n) is 4.73. The van der Waals surface area contributed by atoms with Gasteiger partial charge in [0.2, 0.25) is 10.0 Å². The van der Waals surface area contributed by atoms with Gasteiger partial charge in [-0.15, -0.1) is 5.10 Å². The van der Waals surface area contributed by atoms with E-state index in [1.807, 2.05) is 6.20 Å². The Bertz CT molecular complexity index is 735. The third kappa shape index (κ3) is 4.20. The standard InChI is InChI=1S/C13H16N4O3S/c1-17-9-11(15-16-17)3-2-4-13(18)10-5-7-12(8-6-10)21(14,19)20/h5-9H,2-4H2,1H3,(H2,14,19,20).